The van der Waals surface area contributed by atoms with Crippen LogP contribution in [-0.4, -0.2) is 39.8 Å². The molecule has 1 aliphatic rings. The minimum atomic E-state index is -0.597. The summed E-state index contributed by atoms with van der Waals surface area (Å²) in [4.78, 5) is 13.6. The molecule has 0 spiro atoms. The van der Waals surface area contributed by atoms with Gasteiger partial charge in [-0.3, -0.25) is 4.79 Å². The molecule has 3 aromatic rings. The zero-order valence-electron chi connectivity index (χ0n) is 17.9. The number of carbonyl (C=O) groups excluding carboxylic acids is 1. The van der Waals surface area contributed by atoms with Crippen LogP contribution in [0, 0.1) is 0 Å². The number of tetrazole rings is 1. The molecule has 9 nitrogen and oxygen atoms in total. The molecule has 1 unspecified atom stereocenters. The maximum atomic E-state index is 13.6. The second-order valence-electron chi connectivity index (χ2n) is 7.20. The van der Waals surface area contributed by atoms with Crippen molar-refractivity contribution in [2.75, 3.05) is 24.4 Å². The summed E-state index contributed by atoms with van der Waals surface area (Å²) in [5.41, 5.74) is 2.45. The summed E-state index contributed by atoms with van der Waals surface area (Å²) in [6.07, 6.45) is 0.855. The molecule has 0 bridgehead atoms. The van der Waals surface area contributed by atoms with Crippen LogP contribution in [0.1, 0.15) is 31.9 Å². The molecule has 2 heterocycles. The van der Waals surface area contributed by atoms with Crippen molar-refractivity contribution in [3.05, 3.63) is 63.8 Å². The van der Waals surface area contributed by atoms with E-state index in [0.717, 1.165) is 16.5 Å². The average molecular weight is 499 g/mol. The van der Waals surface area contributed by atoms with E-state index >= 15 is 0 Å². The normalized spacial score (nSPS) is 15.1. The number of nitrogens with one attached hydrogen (secondary N) is 2. The molecule has 166 valence electrons. The number of methoxy groups -OCH3 is 1. The van der Waals surface area contributed by atoms with Gasteiger partial charge in [0.1, 0.15) is 17.5 Å². The zero-order chi connectivity index (χ0) is 22.7. The molecule has 0 saturated heterocycles. The van der Waals surface area contributed by atoms with Gasteiger partial charge in [-0.25, -0.2) is 0 Å². The second kappa shape index (κ2) is 9.39. The van der Waals surface area contributed by atoms with Gasteiger partial charge in [0.15, 0.2) is 0 Å². The summed E-state index contributed by atoms with van der Waals surface area (Å²) in [6, 6.07) is 12.4. The monoisotopic (exact) mass is 498 g/mol. The molecular formula is C22H23BrN6O3. The molecular weight excluding hydrogens is 476 g/mol. The van der Waals surface area contributed by atoms with E-state index in [1.807, 2.05) is 44.2 Å². The van der Waals surface area contributed by atoms with Gasteiger partial charge in [0, 0.05) is 15.7 Å². The highest BCUT2D eigenvalue weighted by Gasteiger charge is 2.36. The fourth-order valence-electron chi connectivity index (χ4n) is 3.61. The zero-order valence-corrected chi connectivity index (χ0v) is 19.5. The number of ether oxygens (including phenoxy) is 2. The number of hydrogen-bond acceptors (Lipinski definition) is 7. The van der Waals surface area contributed by atoms with Crippen molar-refractivity contribution in [2.24, 2.45) is 0 Å². The summed E-state index contributed by atoms with van der Waals surface area (Å²) in [7, 11) is 1.56. The first kappa shape index (κ1) is 21.8. The number of para-hydroxylation sites is 2. The SMILES string of the molecule is CCCOc1ccc(Br)cc1C1C(C(=O)Nc2ccccc2OC)=C(C)Nc2nnnn21. The fourth-order valence-corrected chi connectivity index (χ4v) is 3.99. The summed E-state index contributed by atoms with van der Waals surface area (Å²) in [5, 5.41) is 18.1. The van der Waals surface area contributed by atoms with Crippen LogP contribution in [0.3, 0.4) is 0 Å². The number of carbonyl (C=O) groups is 1. The number of hydrogen-bond donors (Lipinski definition) is 2. The van der Waals surface area contributed by atoms with Crippen molar-refractivity contribution in [1.29, 1.82) is 0 Å². The van der Waals surface area contributed by atoms with Crippen molar-refractivity contribution in [3.8, 4) is 11.5 Å². The number of nitrogens with zero attached hydrogens (tertiary/aromatic N) is 4. The molecule has 2 N–H and O–H groups in total. The summed E-state index contributed by atoms with van der Waals surface area (Å²) in [6.45, 7) is 4.42. The Morgan fingerprint density at radius 1 is 1.25 bits per heavy atom. The molecule has 0 saturated carbocycles. The lowest BCUT2D eigenvalue weighted by molar-refractivity contribution is -0.113. The van der Waals surface area contributed by atoms with Crippen LogP contribution in [0.15, 0.2) is 58.2 Å². The lowest BCUT2D eigenvalue weighted by Gasteiger charge is -2.29. The standard InChI is InChI=1S/C22H23BrN6O3/c1-4-11-32-17-10-9-14(23)12-15(17)20-19(13(2)24-22-26-27-28-29(20)22)21(30)25-16-7-5-6-8-18(16)31-3/h5-10,12,20H,4,11H2,1-3H3,(H,25,30)(H,24,26,28). The molecule has 0 radical (unpaired) electrons. The second-order valence-corrected chi connectivity index (χ2v) is 8.11. The van der Waals surface area contributed by atoms with Gasteiger partial charge in [0.25, 0.3) is 5.91 Å². The van der Waals surface area contributed by atoms with Crippen LogP contribution < -0.4 is 20.1 Å². The molecule has 32 heavy (non-hydrogen) atoms. The van der Waals surface area contributed by atoms with Crippen molar-refractivity contribution >= 4 is 33.5 Å². The predicted octanol–water partition coefficient (Wildman–Crippen LogP) is 4.16. The highest BCUT2D eigenvalue weighted by molar-refractivity contribution is 9.10. The predicted molar refractivity (Wildman–Crippen MR) is 124 cm³/mol. The molecule has 1 aliphatic heterocycles. The van der Waals surface area contributed by atoms with Gasteiger partial charge in [-0.05, 0) is 54.1 Å². The van der Waals surface area contributed by atoms with Crippen molar-refractivity contribution < 1.29 is 14.3 Å². The van der Waals surface area contributed by atoms with Gasteiger partial charge >= 0.3 is 0 Å². The molecule has 10 heteroatoms. The van der Waals surface area contributed by atoms with Gasteiger partial charge in [-0.15, -0.1) is 0 Å². The minimum absolute atomic E-state index is 0.299. The summed E-state index contributed by atoms with van der Waals surface area (Å²) < 4.78 is 13.8. The average Bonchev–Trinajstić information content (AvgIpc) is 3.25. The van der Waals surface area contributed by atoms with E-state index in [9.17, 15) is 4.79 Å². The van der Waals surface area contributed by atoms with Crippen molar-refractivity contribution in [2.45, 2.75) is 26.3 Å². The highest BCUT2D eigenvalue weighted by Crippen LogP contribution is 2.40. The maximum Gasteiger partial charge on any atom is 0.255 e. The van der Waals surface area contributed by atoms with Gasteiger partial charge in [-0.2, -0.15) is 4.68 Å². The van der Waals surface area contributed by atoms with Crippen LogP contribution in [0.5, 0.6) is 11.5 Å². The maximum absolute atomic E-state index is 13.6. The third-order valence-corrected chi connectivity index (χ3v) is 5.54. The van der Waals surface area contributed by atoms with E-state index in [0.29, 0.717) is 41.0 Å². The van der Waals surface area contributed by atoms with Crippen molar-refractivity contribution in [1.82, 2.24) is 20.2 Å². The highest BCUT2D eigenvalue weighted by atomic mass is 79.9. The van der Waals surface area contributed by atoms with E-state index in [4.69, 9.17) is 9.47 Å². The number of rotatable bonds is 7. The smallest absolute Gasteiger partial charge is 0.255 e. The minimum Gasteiger partial charge on any atom is -0.495 e. The molecule has 0 fully saturated rings. The van der Waals surface area contributed by atoms with Crippen molar-refractivity contribution in [3.63, 3.8) is 0 Å². The molecule has 2 aromatic carbocycles. The quantitative estimate of drug-likeness (QED) is 0.503. The Morgan fingerprint density at radius 3 is 2.84 bits per heavy atom. The Labute approximate surface area is 193 Å². The third kappa shape index (κ3) is 4.18. The first-order valence-corrected chi connectivity index (χ1v) is 10.9. The molecule has 1 amide bonds. The van der Waals surface area contributed by atoms with Gasteiger partial charge < -0.3 is 20.1 Å². The molecule has 1 aromatic heterocycles. The molecule has 0 aliphatic carbocycles. The van der Waals surface area contributed by atoms with Crippen LogP contribution >= 0.6 is 15.9 Å². The summed E-state index contributed by atoms with van der Waals surface area (Å²) >= 11 is 3.54. The van der Waals surface area contributed by atoms with E-state index in [1.165, 1.54) is 0 Å². The van der Waals surface area contributed by atoms with E-state index in [2.05, 4.69) is 42.1 Å². The van der Waals surface area contributed by atoms with Crippen LogP contribution in [0.25, 0.3) is 0 Å². The Bertz CT molecular complexity index is 1180. The summed E-state index contributed by atoms with van der Waals surface area (Å²) in [5.74, 6) is 1.38. The largest absolute Gasteiger partial charge is 0.495 e. The van der Waals surface area contributed by atoms with E-state index < -0.39 is 6.04 Å². The number of amides is 1. The van der Waals surface area contributed by atoms with E-state index in [1.54, 1.807) is 23.9 Å². The lowest BCUT2D eigenvalue weighted by atomic mass is 9.94. The topological polar surface area (TPSA) is 103 Å². The first-order chi connectivity index (χ1) is 15.5. The molecule has 1 atom stereocenters. The molecule has 4 rings (SSSR count). The number of anilines is 2. The van der Waals surface area contributed by atoms with Crippen LogP contribution in [0.4, 0.5) is 11.6 Å². The van der Waals surface area contributed by atoms with E-state index in [-0.39, 0.29) is 5.91 Å². The number of halogens is 1. The Hall–Kier alpha value is -3.40. The number of benzene rings is 2. The van der Waals surface area contributed by atoms with Gasteiger partial charge in [0.05, 0.1) is 25.0 Å². The van der Waals surface area contributed by atoms with Crippen LogP contribution in [-0.2, 0) is 4.79 Å². The van der Waals surface area contributed by atoms with Gasteiger partial charge in [-0.1, -0.05) is 40.1 Å². The Balaban J connectivity index is 1.81. The Kier molecular flexibility index (Phi) is 6.40. The Morgan fingerprint density at radius 2 is 2.06 bits per heavy atom. The number of aromatic nitrogens is 4. The number of allylic oxidation sites excluding steroid dienone is 1. The van der Waals surface area contributed by atoms with Crippen LogP contribution in [0.2, 0.25) is 0 Å². The fraction of sp³-hybridized carbons (Fsp3) is 0.273. The third-order valence-electron chi connectivity index (χ3n) is 5.04. The van der Waals surface area contributed by atoms with Gasteiger partial charge in [0.2, 0.25) is 5.95 Å². The lowest BCUT2D eigenvalue weighted by Crippen LogP contribution is -2.32. The number of fused-ring (bicyclic) bond motifs is 1. The first-order valence-electron chi connectivity index (χ1n) is 10.2.